The van der Waals surface area contributed by atoms with Crippen LogP contribution in [0.4, 0.5) is 0 Å². The van der Waals surface area contributed by atoms with Gasteiger partial charge in [-0.25, -0.2) is 0 Å². The Labute approximate surface area is 139 Å². The summed E-state index contributed by atoms with van der Waals surface area (Å²) in [6.45, 7) is 8.14. The predicted octanol–water partition coefficient (Wildman–Crippen LogP) is 1.46. The molecule has 1 rings (SSSR count). The molecule has 5 heteroatoms. The number of nitrogens with one attached hydrogen (secondary N) is 2. The van der Waals surface area contributed by atoms with Gasteiger partial charge in [-0.3, -0.25) is 20.4 Å². The highest BCUT2D eigenvalue weighted by Crippen LogP contribution is 2.18. The summed E-state index contributed by atoms with van der Waals surface area (Å²) < 4.78 is 0. The Morgan fingerprint density at radius 3 is 2.30 bits per heavy atom. The van der Waals surface area contributed by atoms with Crippen LogP contribution in [0.5, 0.6) is 0 Å². The van der Waals surface area contributed by atoms with Crippen LogP contribution in [-0.4, -0.2) is 18.4 Å². The molecule has 4 N–H and O–H groups in total. The van der Waals surface area contributed by atoms with E-state index >= 15 is 0 Å². The predicted molar refractivity (Wildman–Crippen MR) is 91.4 cm³/mol. The summed E-state index contributed by atoms with van der Waals surface area (Å²) >= 11 is 0. The minimum atomic E-state index is -0.276. The third-order valence-electron chi connectivity index (χ3n) is 3.84. The molecule has 0 saturated heterocycles. The molecule has 0 spiro atoms. The van der Waals surface area contributed by atoms with Gasteiger partial charge in [-0.2, -0.15) is 0 Å². The lowest BCUT2D eigenvalue weighted by Gasteiger charge is -2.20. The van der Waals surface area contributed by atoms with Crippen molar-refractivity contribution >= 4 is 11.8 Å². The highest BCUT2D eigenvalue weighted by molar-refractivity contribution is 5.81. The Balaban J connectivity index is 2.60. The second kappa shape index (κ2) is 10.0. The zero-order valence-corrected chi connectivity index (χ0v) is 14.7. The van der Waals surface area contributed by atoms with E-state index < -0.39 is 0 Å². The number of carbonyl (C=O) groups excluding carboxylic acids is 2. The molecule has 0 radical (unpaired) electrons. The second-order valence-corrected chi connectivity index (χ2v) is 6.28. The van der Waals surface area contributed by atoms with Crippen LogP contribution in [0.3, 0.4) is 0 Å². The second-order valence-electron chi connectivity index (χ2n) is 6.28. The van der Waals surface area contributed by atoms with Crippen molar-refractivity contribution in [3.05, 3.63) is 35.4 Å². The maximum Gasteiger partial charge on any atom is 0.293 e. The molecule has 0 bridgehead atoms. The number of unbranched alkanes of at least 4 members (excludes halogenated alkanes) is 1. The maximum atomic E-state index is 11.7. The van der Waals surface area contributed by atoms with Gasteiger partial charge in [0.2, 0.25) is 5.91 Å². The summed E-state index contributed by atoms with van der Waals surface area (Å²) in [7, 11) is 0. The molecule has 1 atom stereocenters. The number of aryl methyl sites for hydroxylation is 1. The van der Waals surface area contributed by atoms with Crippen LogP contribution >= 0.6 is 0 Å². The Kier molecular flexibility index (Phi) is 8.33. The zero-order chi connectivity index (χ0) is 17.2. The van der Waals surface area contributed by atoms with Crippen molar-refractivity contribution in [2.24, 2.45) is 5.92 Å². The van der Waals surface area contributed by atoms with Crippen LogP contribution in [0.25, 0.3) is 0 Å². The SMILES string of the molecule is CCCCc1ccc([C@H]([NH2+]CC(=O)NNC(C)=O)C(C)C)cc1. The first-order chi connectivity index (χ1) is 10.9. The number of hydrogen-bond acceptors (Lipinski definition) is 2. The number of hydrazine groups is 1. The van der Waals surface area contributed by atoms with Crippen molar-refractivity contribution in [2.75, 3.05) is 6.54 Å². The van der Waals surface area contributed by atoms with Crippen LogP contribution in [0.2, 0.25) is 0 Å². The first-order valence-corrected chi connectivity index (χ1v) is 8.41. The van der Waals surface area contributed by atoms with E-state index in [0.717, 1.165) is 6.42 Å². The molecule has 0 aliphatic rings. The van der Waals surface area contributed by atoms with Gasteiger partial charge in [0, 0.05) is 18.4 Å². The topological polar surface area (TPSA) is 74.8 Å². The van der Waals surface area contributed by atoms with Crippen molar-refractivity contribution in [3.8, 4) is 0 Å². The van der Waals surface area contributed by atoms with E-state index in [1.807, 2.05) is 5.32 Å². The van der Waals surface area contributed by atoms with Gasteiger partial charge in [-0.1, -0.05) is 51.5 Å². The van der Waals surface area contributed by atoms with Gasteiger partial charge in [-0.05, 0) is 18.4 Å². The number of nitrogens with two attached hydrogens (primary N) is 1. The molecule has 5 nitrogen and oxygen atoms in total. The smallest absolute Gasteiger partial charge is 0.293 e. The van der Waals surface area contributed by atoms with Gasteiger partial charge in [0.15, 0.2) is 6.54 Å². The van der Waals surface area contributed by atoms with Crippen LogP contribution in [-0.2, 0) is 16.0 Å². The van der Waals surface area contributed by atoms with Gasteiger partial charge in [0.05, 0.1) is 0 Å². The third kappa shape index (κ3) is 7.28. The average Bonchev–Trinajstić information content (AvgIpc) is 2.52. The molecule has 1 aromatic rings. The van der Waals surface area contributed by atoms with Crippen LogP contribution in [0.1, 0.15) is 57.7 Å². The normalized spacial score (nSPS) is 12.0. The van der Waals surface area contributed by atoms with Crippen LogP contribution < -0.4 is 16.2 Å². The summed E-state index contributed by atoms with van der Waals surface area (Å²) in [4.78, 5) is 22.5. The largest absolute Gasteiger partial charge is 0.332 e. The van der Waals surface area contributed by atoms with Crippen molar-refractivity contribution in [3.63, 3.8) is 0 Å². The fourth-order valence-electron chi connectivity index (χ4n) is 2.52. The third-order valence-corrected chi connectivity index (χ3v) is 3.84. The van der Waals surface area contributed by atoms with Crippen molar-refractivity contribution in [1.29, 1.82) is 0 Å². The lowest BCUT2D eigenvalue weighted by atomic mass is 9.94. The van der Waals surface area contributed by atoms with Crippen LogP contribution in [0, 0.1) is 5.92 Å². The lowest BCUT2D eigenvalue weighted by Crippen LogP contribution is -2.88. The molecular formula is C18H30N3O2+. The lowest BCUT2D eigenvalue weighted by molar-refractivity contribution is -0.692. The summed E-state index contributed by atoms with van der Waals surface area (Å²) in [5, 5.41) is 2.02. The molecule has 0 saturated carbocycles. The number of rotatable bonds is 8. The monoisotopic (exact) mass is 320 g/mol. The van der Waals surface area contributed by atoms with E-state index in [-0.39, 0.29) is 24.4 Å². The van der Waals surface area contributed by atoms with Gasteiger partial charge in [0.1, 0.15) is 6.04 Å². The number of benzene rings is 1. The molecule has 0 heterocycles. The van der Waals surface area contributed by atoms with Gasteiger partial charge in [-0.15, -0.1) is 0 Å². The Hall–Kier alpha value is -1.88. The summed E-state index contributed by atoms with van der Waals surface area (Å²) in [6.07, 6.45) is 3.53. The van der Waals surface area contributed by atoms with Crippen LogP contribution in [0.15, 0.2) is 24.3 Å². The average molecular weight is 320 g/mol. The minimum absolute atomic E-state index is 0.203. The van der Waals surface area contributed by atoms with E-state index in [0.29, 0.717) is 5.92 Å². The molecule has 0 unspecified atom stereocenters. The molecule has 128 valence electrons. The first kappa shape index (κ1) is 19.2. The standard InChI is InChI=1S/C18H29N3O2/c1-5-6-7-15-8-10-16(11-9-15)18(13(2)3)19-12-17(23)21-20-14(4)22/h8-11,13,18-19H,5-7,12H2,1-4H3,(H,20,22)(H,21,23)/p+1/t18-/m1/s1. The highest BCUT2D eigenvalue weighted by atomic mass is 16.2. The van der Waals surface area contributed by atoms with Crippen molar-refractivity contribution in [1.82, 2.24) is 10.9 Å². The number of hydrogen-bond donors (Lipinski definition) is 3. The molecule has 0 fully saturated rings. The van der Waals surface area contributed by atoms with E-state index in [1.165, 1.54) is 30.9 Å². The Morgan fingerprint density at radius 2 is 1.78 bits per heavy atom. The molecular weight excluding hydrogens is 290 g/mol. The van der Waals surface area contributed by atoms with Crippen molar-refractivity contribution < 1.29 is 14.9 Å². The minimum Gasteiger partial charge on any atom is -0.332 e. The summed E-state index contributed by atoms with van der Waals surface area (Å²) in [6, 6.07) is 8.92. The molecule has 0 aliphatic carbocycles. The van der Waals surface area contributed by atoms with Crippen molar-refractivity contribution in [2.45, 2.75) is 53.0 Å². The summed E-state index contributed by atoms with van der Waals surface area (Å²) in [5.74, 6) is -0.0723. The maximum absolute atomic E-state index is 11.7. The van der Waals surface area contributed by atoms with E-state index in [9.17, 15) is 9.59 Å². The summed E-state index contributed by atoms with van der Waals surface area (Å²) in [5.41, 5.74) is 7.29. The molecule has 0 aromatic heterocycles. The fourth-order valence-corrected chi connectivity index (χ4v) is 2.52. The van der Waals surface area contributed by atoms with Gasteiger partial charge < -0.3 is 5.32 Å². The Bertz CT molecular complexity index is 497. The number of carbonyl (C=O) groups is 2. The highest BCUT2D eigenvalue weighted by Gasteiger charge is 2.20. The molecule has 23 heavy (non-hydrogen) atoms. The van der Waals surface area contributed by atoms with Gasteiger partial charge >= 0.3 is 0 Å². The fraction of sp³-hybridized carbons (Fsp3) is 0.556. The molecule has 0 aliphatic heterocycles. The van der Waals surface area contributed by atoms with Gasteiger partial charge in [0.25, 0.3) is 5.91 Å². The molecule has 1 aromatic carbocycles. The first-order valence-electron chi connectivity index (χ1n) is 8.41. The number of amides is 2. The number of quaternary nitrogens is 1. The quantitative estimate of drug-likeness (QED) is 0.634. The van der Waals surface area contributed by atoms with E-state index in [1.54, 1.807) is 0 Å². The zero-order valence-electron chi connectivity index (χ0n) is 14.7. The van der Waals surface area contributed by atoms with E-state index in [4.69, 9.17) is 0 Å². The van der Waals surface area contributed by atoms with E-state index in [2.05, 4.69) is 55.9 Å². The Morgan fingerprint density at radius 1 is 1.13 bits per heavy atom. The molecule has 2 amide bonds.